The van der Waals surface area contributed by atoms with E-state index in [2.05, 4.69) is 16.0 Å². The van der Waals surface area contributed by atoms with Gasteiger partial charge in [-0.05, 0) is 49.9 Å². The van der Waals surface area contributed by atoms with Crippen molar-refractivity contribution in [2.45, 2.75) is 77.0 Å². The highest BCUT2D eigenvalue weighted by Gasteiger charge is 2.31. The molecule has 11 heteroatoms. The molecule has 0 aliphatic carbocycles. The average molecular weight is 494 g/mol. The van der Waals surface area contributed by atoms with Crippen molar-refractivity contribution in [3.05, 3.63) is 29.8 Å². The molecule has 1 aromatic carbocycles. The molecule has 0 saturated heterocycles. The van der Waals surface area contributed by atoms with Gasteiger partial charge in [-0.25, -0.2) is 4.79 Å². The Morgan fingerprint density at radius 1 is 0.943 bits per heavy atom. The lowest BCUT2D eigenvalue weighted by atomic mass is 9.97. The molecule has 0 radical (unpaired) electrons. The molecule has 5 unspecified atom stereocenters. The molecule has 0 spiro atoms. The van der Waals surface area contributed by atoms with E-state index in [0.29, 0.717) is 31.4 Å². The number of amides is 3. The van der Waals surface area contributed by atoms with Crippen LogP contribution in [-0.4, -0.2) is 64.6 Å². The second-order valence-electron chi connectivity index (χ2n) is 8.76. The Labute approximate surface area is 206 Å². The standard InChI is InChI=1S/C24H39N5O6/c1-4-14(2)20(29-22(32)18(26)7-5-6-12-25)23(33)27-15(3)21(31)28-19(24(34)35)13-16-8-10-17(30)11-9-16/h8-11,14-15,18-20,30H,4-7,12-13,25-26H2,1-3H3,(H,27,33)(H,28,31)(H,29,32)(H,34,35). The molecule has 35 heavy (non-hydrogen) atoms. The maximum Gasteiger partial charge on any atom is 0.326 e. The van der Waals surface area contributed by atoms with Crippen LogP contribution in [0, 0.1) is 5.92 Å². The molecular formula is C24H39N5O6. The Hall–Kier alpha value is -3.18. The zero-order valence-electron chi connectivity index (χ0n) is 20.6. The second kappa shape index (κ2) is 14.9. The SMILES string of the molecule is CCC(C)C(NC(=O)C(N)CCCCN)C(=O)NC(C)C(=O)NC(Cc1ccc(O)cc1)C(=O)O. The van der Waals surface area contributed by atoms with E-state index in [9.17, 15) is 29.4 Å². The smallest absolute Gasteiger partial charge is 0.326 e. The van der Waals surface area contributed by atoms with Crippen molar-refractivity contribution in [1.82, 2.24) is 16.0 Å². The van der Waals surface area contributed by atoms with Gasteiger partial charge in [-0.1, -0.05) is 38.8 Å². The number of carbonyl (C=O) groups excluding carboxylic acids is 3. The molecule has 5 atom stereocenters. The van der Waals surface area contributed by atoms with Crippen molar-refractivity contribution in [2.75, 3.05) is 6.54 Å². The Bertz CT molecular complexity index is 847. The molecule has 11 nitrogen and oxygen atoms in total. The highest BCUT2D eigenvalue weighted by molar-refractivity contribution is 5.94. The number of hydrogen-bond donors (Lipinski definition) is 7. The van der Waals surface area contributed by atoms with Gasteiger partial charge in [0.2, 0.25) is 17.7 Å². The van der Waals surface area contributed by atoms with Crippen LogP contribution in [0.15, 0.2) is 24.3 Å². The van der Waals surface area contributed by atoms with E-state index in [-0.39, 0.29) is 18.1 Å². The second-order valence-corrected chi connectivity index (χ2v) is 8.76. The molecule has 0 aromatic heterocycles. The van der Waals surface area contributed by atoms with Crippen molar-refractivity contribution in [2.24, 2.45) is 17.4 Å². The van der Waals surface area contributed by atoms with Crippen LogP contribution in [0.1, 0.15) is 52.0 Å². The number of carbonyl (C=O) groups is 4. The number of carboxylic acids is 1. The lowest BCUT2D eigenvalue weighted by Gasteiger charge is -2.27. The quantitative estimate of drug-likeness (QED) is 0.166. The summed E-state index contributed by atoms with van der Waals surface area (Å²) in [6, 6.07) is 1.99. The molecule has 196 valence electrons. The van der Waals surface area contributed by atoms with Gasteiger partial charge >= 0.3 is 5.97 Å². The van der Waals surface area contributed by atoms with E-state index in [0.717, 1.165) is 6.42 Å². The number of nitrogens with one attached hydrogen (secondary N) is 3. The first-order valence-corrected chi connectivity index (χ1v) is 11.9. The van der Waals surface area contributed by atoms with Crippen LogP contribution < -0.4 is 27.4 Å². The van der Waals surface area contributed by atoms with Gasteiger partial charge in [0, 0.05) is 6.42 Å². The van der Waals surface area contributed by atoms with E-state index < -0.39 is 47.9 Å². The summed E-state index contributed by atoms with van der Waals surface area (Å²) >= 11 is 0. The molecule has 1 aromatic rings. The predicted molar refractivity (Wildman–Crippen MR) is 131 cm³/mol. The Kier molecular flexibility index (Phi) is 12.7. The van der Waals surface area contributed by atoms with Crippen LogP contribution in [0.25, 0.3) is 0 Å². The van der Waals surface area contributed by atoms with Crippen LogP contribution in [0.5, 0.6) is 5.75 Å². The summed E-state index contributed by atoms with van der Waals surface area (Å²) in [6.07, 6.45) is 2.46. The van der Waals surface area contributed by atoms with Gasteiger partial charge in [0.1, 0.15) is 23.9 Å². The van der Waals surface area contributed by atoms with Gasteiger partial charge in [-0.15, -0.1) is 0 Å². The van der Waals surface area contributed by atoms with E-state index >= 15 is 0 Å². The summed E-state index contributed by atoms with van der Waals surface area (Å²) in [5.74, 6) is -3.13. The first kappa shape index (κ1) is 29.9. The van der Waals surface area contributed by atoms with E-state index in [1.807, 2.05) is 6.92 Å². The van der Waals surface area contributed by atoms with Crippen molar-refractivity contribution in [3.8, 4) is 5.75 Å². The molecule has 0 heterocycles. The number of phenolic OH excluding ortho intramolecular Hbond substituents is 1. The first-order chi connectivity index (χ1) is 16.5. The largest absolute Gasteiger partial charge is 0.508 e. The van der Waals surface area contributed by atoms with Crippen molar-refractivity contribution in [3.63, 3.8) is 0 Å². The predicted octanol–water partition coefficient (Wildman–Crippen LogP) is -0.00400. The van der Waals surface area contributed by atoms with Gasteiger partial charge in [0.05, 0.1) is 6.04 Å². The third-order valence-corrected chi connectivity index (χ3v) is 5.84. The minimum atomic E-state index is -1.24. The van der Waals surface area contributed by atoms with Crippen LogP contribution in [0.3, 0.4) is 0 Å². The summed E-state index contributed by atoms with van der Waals surface area (Å²) in [4.78, 5) is 49.7. The molecular weight excluding hydrogens is 454 g/mol. The van der Waals surface area contributed by atoms with Gasteiger partial charge in [0.15, 0.2) is 0 Å². The Balaban J connectivity index is 2.77. The van der Waals surface area contributed by atoms with Crippen LogP contribution in [0.2, 0.25) is 0 Å². The number of aliphatic carboxylic acids is 1. The molecule has 0 aliphatic rings. The number of rotatable bonds is 15. The topological polar surface area (TPSA) is 197 Å². The minimum Gasteiger partial charge on any atom is -0.508 e. The van der Waals surface area contributed by atoms with Gasteiger partial charge in [-0.2, -0.15) is 0 Å². The van der Waals surface area contributed by atoms with Crippen LogP contribution >= 0.6 is 0 Å². The summed E-state index contributed by atoms with van der Waals surface area (Å²) < 4.78 is 0. The Morgan fingerprint density at radius 3 is 2.11 bits per heavy atom. The summed E-state index contributed by atoms with van der Waals surface area (Å²) in [5.41, 5.74) is 12.0. The zero-order chi connectivity index (χ0) is 26.5. The molecule has 0 bridgehead atoms. The number of phenols is 1. The number of hydrogen-bond acceptors (Lipinski definition) is 7. The summed E-state index contributed by atoms with van der Waals surface area (Å²) in [5, 5.41) is 26.5. The van der Waals surface area contributed by atoms with Crippen molar-refractivity contribution >= 4 is 23.7 Å². The minimum absolute atomic E-state index is 0.00435. The van der Waals surface area contributed by atoms with E-state index in [4.69, 9.17) is 11.5 Å². The maximum atomic E-state index is 12.9. The number of carboxylic acid groups (broad SMARTS) is 1. The third-order valence-electron chi connectivity index (χ3n) is 5.84. The van der Waals surface area contributed by atoms with Gasteiger partial charge < -0.3 is 37.6 Å². The van der Waals surface area contributed by atoms with Crippen LogP contribution in [-0.2, 0) is 25.6 Å². The fourth-order valence-electron chi connectivity index (χ4n) is 3.34. The lowest BCUT2D eigenvalue weighted by Crippen LogP contribution is -2.58. The number of benzene rings is 1. The number of nitrogens with two attached hydrogens (primary N) is 2. The molecule has 1 rings (SSSR count). The average Bonchev–Trinajstić information content (AvgIpc) is 2.82. The molecule has 0 aliphatic heterocycles. The fraction of sp³-hybridized carbons (Fsp3) is 0.583. The lowest BCUT2D eigenvalue weighted by molar-refractivity contribution is -0.142. The van der Waals surface area contributed by atoms with Crippen molar-refractivity contribution < 1.29 is 29.4 Å². The van der Waals surface area contributed by atoms with E-state index in [1.54, 1.807) is 19.1 Å². The first-order valence-electron chi connectivity index (χ1n) is 11.9. The van der Waals surface area contributed by atoms with Gasteiger partial charge in [0.25, 0.3) is 0 Å². The van der Waals surface area contributed by atoms with Crippen LogP contribution in [0.4, 0.5) is 0 Å². The summed E-state index contributed by atoms with van der Waals surface area (Å²) in [7, 11) is 0. The number of unbranched alkanes of at least 4 members (excludes halogenated alkanes) is 1. The highest BCUT2D eigenvalue weighted by Crippen LogP contribution is 2.12. The van der Waals surface area contributed by atoms with Gasteiger partial charge in [-0.3, -0.25) is 14.4 Å². The molecule has 9 N–H and O–H groups in total. The number of aromatic hydroxyl groups is 1. The monoisotopic (exact) mass is 493 g/mol. The Morgan fingerprint density at radius 2 is 1.57 bits per heavy atom. The molecule has 3 amide bonds. The normalized spacial score (nSPS) is 15.2. The van der Waals surface area contributed by atoms with E-state index in [1.165, 1.54) is 19.1 Å². The molecule has 0 fully saturated rings. The maximum absolute atomic E-state index is 12.9. The highest BCUT2D eigenvalue weighted by atomic mass is 16.4. The van der Waals surface area contributed by atoms with Crippen molar-refractivity contribution in [1.29, 1.82) is 0 Å². The molecule has 0 saturated carbocycles. The fourth-order valence-corrected chi connectivity index (χ4v) is 3.34. The third kappa shape index (κ3) is 10.3. The summed E-state index contributed by atoms with van der Waals surface area (Å²) in [6.45, 7) is 5.60. The zero-order valence-corrected chi connectivity index (χ0v) is 20.6.